The predicted molar refractivity (Wildman–Crippen MR) is 60.7 cm³/mol. The molecule has 2 rings (SSSR count). The molecule has 1 aliphatic rings. The molecule has 84 valence electrons. The van der Waals surface area contributed by atoms with E-state index in [1.54, 1.807) is 0 Å². The van der Waals surface area contributed by atoms with Gasteiger partial charge in [0.05, 0.1) is 6.04 Å². The first-order valence-corrected chi connectivity index (χ1v) is 5.76. The van der Waals surface area contributed by atoms with Crippen LogP contribution in [0.3, 0.4) is 0 Å². The van der Waals surface area contributed by atoms with Gasteiger partial charge in [0.15, 0.2) is 0 Å². The fraction of sp³-hybridized carbons (Fsp3) is 0.667. The summed E-state index contributed by atoms with van der Waals surface area (Å²) in [5, 5.41) is 0. The normalized spacial score (nSPS) is 18.4. The number of furan rings is 1. The van der Waals surface area contributed by atoms with Crippen molar-refractivity contribution in [1.82, 2.24) is 4.90 Å². The lowest BCUT2D eigenvalue weighted by atomic mass is 10.2. The molecule has 2 N–H and O–H groups in total. The Labute approximate surface area is 91.2 Å². The van der Waals surface area contributed by atoms with Gasteiger partial charge in [-0.1, -0.05) is 6.92 Å². The van der Waals surface area contributed by atoms with Gasteiger partial charge in [0.1, 0.15) is 11.5 Å². The average molecular weight is 208 g/mol. The van der Waals surface area contributed by atoms with E-state index in [9.17, 15) is 0 Å². The van der Waals surface area contributed by atoms with Crippen LogP contribution in [0.2, 0.25) is 0 Å². The van der Waals surface area contributed by atoms with Crippen LogP contribution in [0.15, 0.2) is 16.5 Å². The van der Waals surface area contributed by atoms with Gasteiger partial charge in [0, 0.05) is 19.0 Å². The topological polar surface area (TPSA) is 42.4 Å². The molecule has 0 aromatic carbocycles. The maximum atomic E-state index is 5.82. The Balaban J connectivity index is 2.10. The smallest absolute Gasteiger partial charge is 0.122 e. The van der Waals surface area contributed by atoms with Crippen LogP contribution in [-0.4, -0.2) is 24.5 Å². The molecule has 1 aromatic rings. The van der Waals surface area contributed by atoms with Gasteiger partial charge in [0.2, 0.25) is 0 Å². The van der Waals surface area contributed by atoms with Gasteiger partial charge in [-0.3, -0.25) is 4.90 Å². The summed E-state index contributed by atoms with van der Waals surface area (Å²) in [5.41, 5.74) is 5.82. The minimum absolute atomic E-state index is 0.248. The summed E-state index contributed by atoms with van der Waals surface area (Å²) in [6, 6.07) is 5.08. The van der Waals surface area contributed by atoms with Crippen molar-refractivity contribution in [2.24, 2.45) is 5.73 Å². The van der Waals surface area contributed by atoms with Crippen molar-refractivity contribution in [2.75, 3.05) is 13.6 Å². The highest BCUT2D eigenvalue weighted by molar-refractivity contribution is 5.12. The van der Waals surface area contributed by atoms with E-state index in [0.29, 0.717) is 12.6 Å². The summed E-state index contributed by atoms with van der Waals surface area (Å²) >= 11 is 0. The molecule has 0 amide bonds. The van der Waals surface area contributed by atoms with Crippen LogP contribution in [0, 0.1) is 0 Å². The molecule has 1 unspecified atom stereocenters. The number of nitrogens with two attached hydrogens (primary N) is 1. The fourth-order valence-corrected chi connectivity index (χ4v) is 1.98. The van der Waals surface area contributed by atoms with Crippen LogP contribution in [-0.2, 0) is 6.42 Å². The van der Waals surface area contributed by atoms with E-state index in [1.165, 1.54) is 12.8 Å². The summed E-state index contributed by atoms with van der Waals surface area (Å²) in [6.07, 6.45) is 3.55. The lowest BCUT2D eigenvalue weighted by Crippen LogP contribution is -2.31. The van der Waals surface area contributed by atoms with E-state index >= 15 is 0 Å². The monoisotopic (exact) mass is 208 g/mol. The molecule has 1 fully saturated rings. The predicted octanol–water partition coefficient (Wildman–Crippen LogP) is 1.94. The first kappa shape index (κ1) is 10.7. The summed E-state index contributed by atoms with van der Waals surface area (Å²) < 4.78 is 5.76. The Kier molecular flexibility index (Phi) is 3.12. The van der Waals surface area contributed by atoms with Crippen LogP contribution in [0.25, 0.3) is 0 Å². The molecule has 0 radical (unpaired) electrons. The molecule has 3 nitrogen and oxygen atoms in total. The third kappa shape index (κ3) is 2.24. The van der Waals surface area contributed by atoms with Crippen LogP contribution in [0.5, 0.6) is 0 Å². The van der Waals surface area contributed by atoms with Crippen molar-refractivity contribution < 1.29 is 4.42 Å². The Morgan fingerprint density at radius 2 is 2.27 bits per heavy atom. The van der Waals surface area contributed by atoms with Crippen molar-refractivity contribution in [1.29, 1.82) is 0 Å². The SMILES string of the molecule is CCc1ccc(C(CN)N(C)C2CC2)o1. The van der Waals surface area contributed by atoms with Gasteiger partial charge in [-0.05, 0) is 32.0 Å². The summed E-state index contributed by atoms with van der Waals surface area (Å²) in [6.45, 7) is 2.73. The Hall–Kier alpha value is -0.800. The molecular formula is C12H20N2O. The quantitative estimate of drug-likeness (QED) is 0.804. The number of nitrogens with zero attached hydrogens (tertiary/aromatic N) is 1. The van der Waals surface area contributed by atoms with Gasteiger partial charge >= 0.3 is 0 Å². The second-order valence-corrected chi connectivity index (χ2v) is 4.31. The standard InChI is InChI=1S/C12H20N2O/c1-3-10-6-7-12(15-10)11(8-13)14(2)9-4-5-9/h6-7,9,11H,3-5,8,13H2,1-2H3. The summed E-state index contributed by atoms with van der Waals surface area (Å²) in [5.74, 6) is 2.07. The van der Waals surface area contributed by atoms with Crippen LogP contribution < -0.4 is 5.73 Å². The lowest BCUT2D eigenvalue weighted by Gasteiger charge is -2.24. The minimum atomic E-state index is 0.248. The molecule has 1 saturated carbocycles. The molecule has 0 aliphatic heterocycles. The zero-order valence-electron chi connectivity index (χ0n) is 9.57. The second-order valence-electron chi connectivity index (χ2n) is 4.31. The second kappa shape index (κ2) is 4.37. The molecule has 3 heteroatoms. The highest BCUT2D eigenvalue weighted by atomic mass is 16.3. The highest BCUT2D eigenvalue weighted by Gasteiger charge is 2.32. The number of aryl methyl sites for hydroxylation is 1. The molecule has 1 aromatic heterocycles. The molecule has 1 heterocycles. The van der Waals surface area contributed by atoms with Crippen molar-refractivity contribution in [3.63, 3.8) is 0 Å². The Morgan fingerprint density at radius 1 is 1.53 bits per heavy atom. The van der Waals surface area contributed by atoms with E-state index < -0.39 is 0 Å². The van der Waals surface area contributed by atoms with Gasteiger partial charge in [-0.15, -0.1) is 0 Å². The molecule has 0 saturated heterocycles. The summed E-state index contributed by atoms with van der Waals surface area (Å²) in [4.78, 5) is 2.35. The molecule has 1 atom stereocenters. The van der Waals surface area contributed by atoms with E-state index in [-0.39, 0.29) is 6.04 Å². The van der Waals surface area contributed by atoms with Gasteiger partial charge < -0.3 is 10.2 Å². The first-order chi connectivity index (χ1) is 7.26. The molecule has 15 heavy (non-hydrogen) atoms. The maximum absolute atomic E-state index is 5.82. The number of hydrogen-bond donors (Lipinski definition) is 1. The molecular weight excluding hydrogens is 188 g/mol. The van der Waals surface area contributed by atoms with Crippen LogP contribution >= 0.6 is 0 Å². The van der Waals surface area contributed by atoms with Gasteiger partial charge in [0.25, 0.3) is 0 Å². The lowest BCUT2D eigenvalue weighted by molar-refractivity contribution is 0.209. The van der Waals surface area contributed by atoms with Crippen LogP contribution in [0.4, 0.5) is 0 Å². The van der Waals surface area contributed by atoms with Gasteiger partial charge in [-0.2, -0.15) is 0 Å². The molecule has 0 bridgehead atoms. The number of likely N-dealkylation sites (N-methyl/N-ethyl adjacent to an activating group) is 1. The van der Waals surface area contributed by atoms with E-state index in [0.717, 1.165) is 17.9 Å². The van der Waals surface area contributed by atoms with Crippen molar-refractivity contribution in [3.8, 4) is 0 Å². The Morgan fingerprint density at radius 3 is 2.73 bits per heavy atom. The third-order valence-corrected chi connectivity index (χ3v) is 3.20. The van der Waals surface area contributed by atoms with Crippen molar-refractivity contribution in [3.05, 3.63) is 23.7 Å². The third-order valence-electron chi connectivity index (χ3n) is 3.20. The van der Waals surface area contributed by atoms with Crippen molar-refractivity contribution >= 4 is 0 Å². The molecule has 1 aliphatic carbocycles. The largest absolute Gasteiger partial charge is 0.464 e. The zero-order chi connectivity index (χ0) is 10.8. The van der Waals surface area contributed by atoms with E-state index in [2.05, 4.69) is 31.0 Å². The minimum Gasteiger partial charge on any atom is -0.464 e. The molecule has 0 spiro atoms. The van der Waals surface area contributed by atoms with Crippen molar-refractivity contribution in [2.45, 2.75) is 38.3 Å². The average Bonchev–Trinajstić information content (AvgIpc) is 3.00. The highest BCUT2D eigenvalue weighted by Crippen LogP contribution is 2.32. The number of hydrogen-bond acceptors (Lipinski definition) is 3. The van der Waals surface area contributed by atoms with Crippen LogP contribution in [0.1, 0.15) is 37.3 Å². The van der Waals surface area contributed by atoms with E-state index in [4.69, 9.17) is 10.2 Å². The number of rotatable bonds is 5. The van der Waals surface area contributed by atoms with Gasteiger partial charge in [-0.25, -0.2) is 0 Å². The first-order valence-electron chi connectivity index (χ1n) is 5.76. The summed E-state index contributed by atoms with van der Waals surface area (Å²) in [7, 11) is 2.14. The maximum Gasteiger partial charge on any atom is 0.122 e. The Bertz CT molecular complexity index is 317. The van der Waals surface area contributed by atoms with E-state index in [1.807, 2.05) is 0 Å². The fourth-order valence-electron chi connectivity index (χ4n) is 1.98. The zero-order valence-corrected chi connectivity index (χ0v) is 9.57.